The number of nitrogens with zero attached hydrogens (tertiary/aromatic N) is 3. The summed E-state index contributed by atoms with van der Waals surface area (Å²) in [5.41, 5.74) is 5.75. The smallest absolute Gasteiger partial charge is 0.251 e. The number of carbonyl (C=O) groups excluding carboxylic acids is 1. The molecule has 0 radical (unpaired) electrons. The molecule has 6 heteroatoms. The van der Waals surface area contributed by atoms with Crippen molar-refractivity contribution >= 4 is 32.6 Å². The first-order chi connectivity index (χ1) is 15.2. The van der Waals surface area contributed by atoms with Crippen molar-refractivity contribution < 1.29 is 4.79 Å². The number of hydrogen-bond acceptors (Lipinski definition) is 5. The molecule has 0 aliphatic carbocycles. The maximum Gasteiger partial charge on any atom is 0.251 e. The minimum Gasteiger partial charge on any atom is -0.351 e. The summed E-state index contributed by atoms with van der Waals surface area (Å²) in [6.07, 6.45) is 0. The van der Waals surface area contributed by atoms with Crippen LogP contribution in [0.4, 0.5) is 5.13 Å². The maximum atomic E-state index is 12.5. The topological polar surface area (TPSA) is 48.5 Å². The van der Waals surface area contributed by atoms with Gasteiger partial charge in [-0.15, -0.1) is 0 Å². The Morgan fingerprint density at radius 1 is 1.06 bits per heavy atom. The normalized spacial score (nSPS) is 15.3. The van der Waals surface area contributed by atoms with Crippen LogP contribution in [-0.2, 0) is 5.41 Å². The molecule has 0 saturated carbocycles. The standard InChI is InChI=1S/C26H34N4OS/c1-18-16-19(2)23-22(17-18)32-25(28-23)30-14-12-29(13-15-30)11-10-27-24(31)20-6-8-21(9-7-20)26(3,4)5/h6-9,16-17H,10-15H2,1-5H3,(H,27,31). The van der Waals surface area contributed by atoms with E-state index >= 15 is 0 Å². The van der Waals surface area contributed by atoms with E-state index in [0.717, 1.165) is 48.9 Å². The highest BCUT2D eigenvalue weighted by atomic mass is 32.1. The largest absolute Gasteiger partial charge is 0.351 e. The molecule has 4 rings (SSSR count). The number of benzene rings is 2. The first-order valence-electron chi connectivity index (χ1n) is 11.4. The first-order valence-corrected chi connectivity index (χ1v) is 12.3. The monoisotopic (exact) mass is 450 g/mol. The summed E-state index contributed by atoms with van der Waals surface area (Å²) in [7, 11) is 0. The number of aryl methyl sites for hydroxylation is 2. The molecule has 5 nitrogen and oxygen atoms in total. The van der Waals surface area contributed by atoms with E-state index in [1.54, 1.807) is 11.3 Å². The molecular weight excluding hydrogens is 416 g/mol. The molecular formula is C26H34N4OS. The maximum absolute atomic E-state index is 12.5. The molecule has 1 fully saturated rings. The number of hydrogen-bond donors (Lipinski definition) is 1. The van der Waals surface area contributed by atoms with Gasteiger partial charge in [-0.05, 0) is 54.2 Å². The summed E-state index contributed by atoms with van der Waals surface area (Å²) >= 11 is 1.79. The van der Waals surface area contributed by atoms with Gasteiger partial charge in [-0.25, -0.2) is 4.98 Å². The van der Waals surface area contributed by atoms with E-state index in [1.165, 1.54) is 21.4 Å². The SMILES string of the molecule is Cc1cc(C)c2nc(N3CCN(CCNC(=O)c4ccc(C(C)(C)C)cc4)CC3)sc2c1. The number of thiazole rings is 1. The molecule has 3 aromatic rings. The molecule has 1 aromatic heterocycles. The molecule has 2 heterocycles. The van der Waals surface area contributed by atoms with E-state index < -0.39 is 0 Å². The first kappa shape index (κ1) is 22.7. The zero-order valence-electron chi connectivity index (χ0n) is 19.9. The lowest BCUT2D eigenvalue weighted by Gasteiger charge is -2.34. The van der Waals surface area contributed by atoms with Crippen molar-refractivity contribution in [2.24, 2.45) is 0 Å². The van der Waals surface area contributed by atoms with Crippen molar-refractivity contribution in [2.45, 2.75) is 40.0 Å². The van der Waals surface area contributed by atoms with Crippen LogP contribution in [-0.4, -0.2) is 55.1 Å². The molecule has 0 spiro atoms. The lowest BCUT2D eigenvalue weighted by atomic mass is 9.87. The summed E-state index contributed by atoms with van der Waals surface area (Å²) in [6.45, 7) is 16.3. The Bertz CT molecular complexity index is 1090. The number of amides is 1. The van der Waals surface area contributed by atoms with E-state index in [-0.39, 0.29) is 11.3 Å². The number of anilines is 1. The highest BCUT2D eigenvalue weighted by molar-refractivity contribution is 7.22. The Hall–Kier alpha value is -2.44. The summed E-state index contributed by atoms with van der Waals surface area (Å²) < 4.78 is 1.28. The van der Waals surface area contributed by atoms with Crippen LogP contribution in [0.3, 0.4) is 0 Å². The molecule has 1 saturated heterocycles. The Balaban J connectivity index is 1.25. The quantitative estimate of drug-likeness (QED) is 0.609. The number of piperazine rings is 1. The number of fused-ring (bicyclic) bond motifs is 1. The third kappa shape index (κ3) is 5.13. The average molecular weight is 451 g/mol. The van der Waals surface area contributed by atoms with Gasteiger partial charge in [-0.2, -0.15) is 0 Å². The van der Waals surface area contributed by atoms with Gasteiger partial charge < -0.3 is 10.2 Å². The molecule has 0 atom stereocenters. The minimum atomic E-state index is 0.00392. The van der Waals surface area contributed by atoms with Crippen molar-refractivity contribution in [3.8, 4) is 0 Å². The van der Waals surface area contributed by atoms with E-state index in [4.69, 9.17) is 4.98 Å². The lowest BCUT2D eigenvalue weighted by molar-refractivity contribution is 0.0947. The molecule has 170 valence electrons. The molecule has 0 unspecified atom stereocenters. The van der Waals surface area contributed by atoms with Crippen molar-refractivity contribution in [2.75, 3.05) is 44.2 Å². The zero-order chi connectivity index (χ0) is 22.9. The Kier molecular flexibility index (Phi) is 6.54. The molecule has 1 aliphatic rings. The Morgan fingerprint density at radius 2 is 1.75 bits per heavy atom. The summed E-state index contributed by atoms with van der Waals surface area (Å²) in [5, 5.41) is 4.20. The fraction of sp³-hybridized carbons (Fsp3) is 0.462. The summed E-state index contributed by atoms with van der Waals surface area (Å²) in [5.74, 6) is 0.00392. The van der Waals surface area contributed by atoms with Gasteiger partial charge in [0, 0.05) is 44.8 Å². The predicted octanol–water partition coefficient (Wildman–Crippen LogP) is 4.76. The Labute approximate surface area is 195 Å². The molecule has 2 aromatic carbocycles. The fourth-order valence-electron chi connectivity index (χ4n) is 4.21. The van der Waals surface area contributed by atoms with Gasteiger partial charge in [-0.1, -0.05) is 50.3 Å². The van der Waals surface area contributed by atoms with Crippen molar-refractivity contribution in [1.82, 2.24) is 15.2 Å². The van der Waals surface area contributed by atoms with Crippen LogP contribution >= 0.6 is 11.3 Å². The van der Waals surface area contributed by atoms with Crippen LogP contribution in [0, 0.1) is 13.8 Å². The third-order valence-corrected chi connectivity index (χ3v) is 7.25. The fourth-order valence-corrected chi connectivity index (χ4v) is 5.40. The lowest BCUT2D eigenvalue weighted by Crippen LogP contribution is -2.48. The molecule has 1 aliphatic heterocycles. The summed E-state index contributed by atoms with van der Waals surface area (Å²) in [4.78, 5) is 22.2. The average Bonchev–Trinajstić information content (AvgIpc) is 3.18. The van der Waals surface area contributed by atoms with Crippen LogP contribution < -0.4 is 10.2 Å². The van der Waals surface area contributed by atoms with Gasteiger partial charge in [0.2, 0.25) is 0 Å². The van der Waals surface area contributed by atoms with E-state index in [0.29, 0.717) is 6.54 Å². The predicted molar refractivity (Wildman–Crippen MR) is 135 cm³/mol. The van der Waals surface area contributed by atoms with Crippen LogP contribution in [0.2, 0.25) is 0 Å². The van der Waals surface area contributed by atoms with Crippen LogP contribution in [0.15, 0.2) is 36.4 Å². The van der Waals surface area contributed by atoms with Gasteiger partial charge in [0.1, 0.15) is 0 Å². The van der Waals surface area contributed by atoms with Crippen LogP contribution in [0.5, 0.6) is 0 Å². The van der Waals surface area contributed by atoms with Gasteiger partial charge in [-0.3, -0.25) is 9.69 Å². The molecule has 0 bridgehead atoms. The number of rotatable bonds is 5. The van der Waals surface area contributed by atoms with Crippen molar-refractivity contribution in [3.63, 3.8) is 0 Å². The zero-order valence-corrected chi connectivity index (χ0v) is 20.7. The van der Waals surface area contributed by atoms with E-state index in [2.05, 4.69) is 74.0 Å². The van der Waals surface area contributed by atoms with Gasteiger partial charge in [0.25, 0.3) is 5.91 Å². The minimum absolute atomic E-state index is 0.00392. The van der Waals surface area contributed by atoms with Gasteiger partial charge >= 0.3 is 0 Å². The van der Waals surface area contributed by atoms with E-state index in [9.17, 15) is 4.79 Å². The summed E-state index contributed by atoms with van der Waals surface area (Å²) in [6, 6.07) is 12.4. The molecule has 1 amide bonds. The highest BCUT2D eigenvalue weighted by Gasteiger charge is 2.20. The number of carbonyl (C=O) groups is 1. The van der Waals surface area contributed by atoms with Crippen LogP contribution in [0.25, 0.3) is 10.2 Å². The second-order valence-corrected chi connectivity index (χ2v) is 10.8. The number of nitrogens with one attached hydrogen (secondary N) is 1. The second kappa shape index (κ2) is 9.20. The molecule has 32 heavy (non-hydrogen) atoms. The third-order valence-electron chi connectivity index (χ3n) is 6.19. The van der Waals surface area contributed by atoms with E-state index in [1.807, 2.05) is 12.1 Å². The van der Waals surface area contributed by atoms with Gasteiger partial charge in [0.05, 0.1) is 10.2 Å². The second-order valence-electron chi connectivity index (χ2n) is 9.84. The van der Waals surface area contributed by atoms with Crippen LogP contribution in [0.1, 0.15) is 47.8 Å². The molecule has 1 N–H and O–H groups in total. The van der Waals surface area contributed by atoms with Gasteiger partial charge in [0.15, 0.2) is 5.13 Å². The highest BCUT2D eigenvalue weighted by Crippen LogP contribution is 2.32. The van der Waals surface area contributed by atoms with Crippen molar-refractivity contribution in [3.05, 3.63) is 58.7 Å². The Morgan fingerprint density at radius 3 is 2.41 bits per heavy atom. The number of aromatic nitrogens is 1. The van der Waals surface area contributed by atoms with Crippen molar-refractivity contribution in [1.29, 1.82) is 0 Å².